The van der Waals surface area contributed by atoms with Crippen molar-refractivity contribution in [1.82, 2.24) is 24.6 Å². The second-order valence-corrected chi connectivity index (χ2v) is 11.0. The van der Waals surface area contributed by atoms with Crippen LogP contribution in [0.15, 0.2) is 95.9 Å². The summed E-state index contributed by atoms with van der Waals surface area (Å²) >= 11 is 1.60. The largest absolute Gasteiger partial charge is 0.354 e. The summed E-state index contributed by atoms with van der Waals surface area (Å²) in [5.74, 6) is 2.30. The van der Waals surface area contributed by atoms with Crippen LogP contribution in [0.1, 0.15) is 23.5 Å². The number of nitrogens with zero attached hydrogens (tertiary/aromatic N) is 6. The highest BCUT2D eigenvalue weighted by Crippen LogP contribution is 2.30. The Labute approximate surface area is 238 Å². The molecule has 0 atom stereocenters. The third kappa shape index (κ3) is 5.72. The molecule has 202 valence electrons. The summed E-state index contributed by atoms with van der Waals surface area (Å²) in [6.07, 6.45) is 1.52. The summed E-state index contributed by atoms with van der Waals surface area (Å²) < 4.78 is 1.93. The van der Waals surface area contributed by atoms with Gasteiger partial charge in [0.1, 0.15) is 11.6 Å². The molecule has 0 N–H and O–H groups in total. The van der Waals surface area contributed by atoms with Crippen molar-refractivity contribution in [3.63, 3.8) is 0 Å². The van der Waals surface area contributed by atoms with Crippen molar-refractivity contribution in [2.24, 2.45) is 0 Å². The van der Waals surface area contributed by atoms with E-state index in [1.165, 1.54) is 5.56 Å². The lowest BCUT2D eigenvalue weighted by Crippen LogP contribution is -2.36. The van der Waals surface area contributed by atoms with E-state index in [4.69, 9.17) is 15.1 Å². The molecule has 2 aromatic heterocycles. The molecule has 7 nitrogen and oxygen atoms in total. The Bertz CT molecular complexity index is 1590. The first-order valence-corrected chi connectivity index (χ1v) is 14.7. The van der Waals surface area contributed by atoms with Gasteiger partial charge in [-0.25, -0.2) is 14.6 Å². The molecule has 3 heterocycles. The normalized spacial score (nSPS) is 13.9. The van der Waals surface area contributed by atoms with Gasteiger partial charge in [-0.3, -0.25) is 4.79 Å². The highest BCUT2D eigenvalue weighted by atomic mass is 32.2. The molecular weight excluding hydrogens is 516 g/mol. The molecule has 0 saturated carbocycles. The third-order valence-electron chi connectivity index (χ3n) is 7.19. The van der Waals surface area contributed by atoms with Gasteiger partial charge in [-0.05, 0) is 43.2 Å². The lowest BCUT2D eigenvalue weighted by molar-refractivity contribution is -0.128. The summed E-state index contributed by atoms with van der Waals surface area (Å²) in [6, 6.07) is 30.6. The first-order chi connectivity index (χ1) is 19.7. The number of hydrogen-bond acceptors (Lipinski definition) is 6. The predicted molar refractivity (Wildman–Crippen MR) is 161 cm³/mol. The number of carbonyl (C=O) groups excluding carboxylic acids is 1. The van der Waals surface area contributed by atoms with Gasteiger partial charge in [0.05, 0.1) is 22.5 Å². The summed E-state index contributed by atoms with van der Waals surface area (Å²) in [4.78, 5) is 28.7. The Morgan fingerprint density at radius 3 is 2.27 bits per heavy atom. The molecule has 0 spiro atoms. The number of rotatable bonds is 7. The Morgan fingerprint density at radius 1 is 0.825 bits per heavy atom. The molecule has 6 rings (SSSR count). The molecule has 40 heavy (non-hydrogen) atoms. The summed E-state index contributed by atoms with van der Waals surface area (Å²) in [6.45, 7) is 4.98. The van der Waals surface area contributed by atoms with Crippen LogP contribution in [0.4, 0.5) is 5.82 Å². The maximum absolute atomic E-state index is 13.1. The van der Waals surface area contributed by atoms with Gasteiger partial charge in [0.2, 0.25) is 5.91 Å². The van der Waals surface area contributed by atoms with Crippen LogP contribution < -0.4 is 4.90 Å². The van der Waals surface area contributed by atoms with E-state index in [2.05, 4.69) is 17.0 Å². The molecular formula is C32H32N6OS. The molecule has 0 aliphatic carbocycles. The molecule has 0 bridgehead atoms. The molecule has 3 aromatic carbocycles. The van der Waals surface area contributed by atoms with Crippen molar-refractivity contribution in [3.05, 3.63) is 108 Å². The number of thioether (sulfide) groups is 1. The van der Waals surface area contributed by atoms with Crippen LogP contribution in [0.25, 0.3) is 16.7 Å². The standard InChI is InChI=1S/C32H32N6OS/c1-24-30-31(37-19-11-18-36(20-21-37)29(39)23-40-27-16-9-4-10-17-27)33-28(22-25-12-5-2-6-13-25)34-32(30)38(35-24)26-14-7-3-8-15-26/h2-10,12-17H,11,18-23H2,1H3. The minimum Gasteiger partial charge on any atom is -0.354 e. The number of para-hydroxylation sites is 1. The van der Waals surface area contributed by atoms with Gasteiger partial charge in [0.15, 0.2) is 5.65 Å². The fraction of sp³-hybridized carbons (Fsp3) is 0.250. The molecule has 1 aliphatic heterocycles. The number of carbonyl (C=O) groups is 1. The average molecular weight is 549 g/mol. The fourth-order valence-corrected chi connectivity index (χ4v) is 6.00. The van der Waals surface area contributed by atoms with E-state index in [0.29, 0.717) is 25.3 Å². The van der Waals surface area contributed by atoms with Crippen molar-refractivity contribution in [2.45, 2.75) is 24.7 Å². The number of hydrogen-bond donors (Lipinski definition) is 0. The molecule has 5 aromatic rings. The summed E-state index contributed by atoms with van der Waals surface area (Å²) in [5, 5.41) is 5.88. The van der Waals surface area contributed by atoms with E-state index < -0.39 is 0 Å². The van der Waals surface area contributed by atoms with Crippen molar-refractivity contribution >= 4 is 34.5 Å². The third-order valence-corrected chi connectivity index (χ3v) is 8.19. The zero-order valence-corrected chi connectivity index (χ0v) is 23.4. The number of anilines is 1. The number of benzene rings is 3. The maximum atomic E-state index is 13.1. The average Bonchev–Trinajstić information content (AvgIpc) is 3.16. The van der Waals surface area contributed by atoms with Gasteiger partial charge in [0.25, 0.3) is 0 Å². The monoisotopic (exact) mass is 548 g/mol. The fourth-order valence-electron chi connectivity index (χ4n) is 5.17. The number of aryl methyl sites for hydroxylation is 1. The lowest BCUT2D eigenvalue weighted by Gasteiger charge is -2.24. The minimum absolute atomic E-state index is 0.182. The van der Waals surface area contributed by atoms with E-state index >= 15 is 0 Å². The number of aromatic nitrogens is 4. The number of amides is 1. The zero-order valence-electron chi connectivity index (χ0n) is 22.6. The lowest BCUT2D eigenvalue weighted by atomic mass is 10.1. The van der Waals surface area contributed by atoms with Crippen LogP contribution in [0.3, 0.4) is 0 Å². The van der Waals surface area contributed by atoms with E-state index in [-0.39, 0.29) is 5.91 Å². The van der Waals surface area contributed by atoms with Crippen LogP contribution in [0.2, 0.25) is 0 Å². The minimum atomic E-state index is 0.182. The molecule has 1 amide bonds. The van der Waals surface area contributed by atoms with Gasteiger partial charge in [0, 0.05) is 37.5 Å². The van der Waals surface area contributed by atoms with Crippen LogP contribution >= 0.6 is 11.8 Å². The number of fused-ring (bicyclic) bond motifs is 1. The molecule has 1 fully saturated rings. The molecule has 1 aliphatic rings. The van der Waals surface area contributed by atoms with Gasteiger partial charge in [-0.15, -0.1) is 11.8 Å². The van der Waals surface area contributed by atoms with Gasteiger partial charge in [-0.2, -0.15) is 5.10 Å². The SMILES string of the molecule is Cc1nn(-c2ccccc2)c2nc(Cc3ccccc3)nc(N3CCCN(C(=O)CSc4ccccc4)CC3)c12. The van der Waals surface area contributed by atoms with Crippen LogP contribution in [-0.4, -0.2) is 62.5 Å². The van der Waals surface area contributed by atoms with Gasteiger partial charge in [-0.1, -0.05) is 66.7 Å². The smallest absolute Gasteiger partial charge is 0.232 e. The Kier molecular flexibility index (Phi) is 7.77. The Morgan fingerprint density at radius 2 is 1.52 bits per heavy atom. The highest BCUT2D eigenvalue weighted by molar-refractivity contribution is 8.00. The second kappa shape index (κ2) is 11.9. The van der Waals surface area contributed by atoms with E-state index in [1.54, 1.807) is 11.8 Å². The van der Waals surface area contributed by atoms with Crippen molar-refractivity contribution in [1.29, 1.82) is 0 Å². The zero-order chi connectivity index (χ0) is 27.3. The van der Waals surface area contributed by atoms with Crippen LogP contribution in [0.5, 0.6) is 0 Å². The van der Waals surface area contributed by atoms with E-state index in [1.807, 2.05) is 95.4 Å². The van der Waals surface area contributed by atoms with Crippen LogP contribution in [-0.2, 0) is 11.2 Å². The highest BCUT2D eigenvalue weighted by Gasteiger charge is 2.25. The Hall–Kier alpha value is -4.17. The molecule has 0 unspecified atom stereocenters. The van der Waals surface area contributed by atoms with Crippen LogP contribution in [0, 0.1) is 6.92 Å². The molecule has 0 radical (unpaired) electrons. The first-order valence-electron chi connectivity index (χ1n) is 13.7. The topological polar surface area (TPSA) is 67.2 Å². The van der Waals surface area contributed by atoms with Gasteiger partial charge >= 0.3 is 0 Å². The quantitative estimate of drug-likeness (QED) is 0.249. The van der Waals surface area contributed by atoms with E-state index in [9.17, 15) is 4.79 Å². The predicted octanol–water partition coefficient (Wildman–Crippen LogP) is 5.55. The van der Waals surface area contributed by atoms with E-state index in [0.717, 1.165) is 58.5 Å². The Balaban J connectivity index is 1.30. The summed E-state index contributed by atoms with van der Waals surface area (Å²) in [5.41, 5.74) is 3.85. The summed E-state index contributed by atoms with van der Waals surface area (Å²) in [7, 11) is 0. The maximum Gasteiger partial charge on any atom is 0.232 e. The van der Waals surface area contributed by atoms with Gasteiger partial charge < -0.3 is 9.80 Å². The molecule has 8 heteroatoms. The van der Waals surface area contributed by atoms with Crippen molar-refractivity contribution in [2.75, 3.05) is 36.8 Å². The molecule has 1 saturated heterocycles. The first kappa shape index (κ1) is 26.1. The van der Waals surface area contributed by atoms with Crippen molar-refractivity contribution in [3.8, 4) is 5.69 Å². The van der Waals surface area contributed by atoms with Crippen molar-refractivity contribution < 1.29 is 4.79 Å². The second-order valence-electron chi connectivity index (χ2n) is 9.98.